The van der Waals surface area contributed by atoms with E-state index in [-0.39, 0.29) is 18.2 Å². The molecule has 1 aliphatic heterocycles. The molecule has 1 aliphatic rings. The maximum atomic E-state index is 12.2. The average molecular weight is 335 g/mol. The van der Waals surface area contributed by atoms with Gasteiger partial charge in [0.2, 0.25) is 11.8 Å². The van der Waals surface area contributed by atoms with Crippen molar-refractivity contribution in [1.29, 1.82) is 0 Å². The number of rotatable bonds is 3. The van der Waals surface area contributed by atoms with Gasteiger partial charge in [-0.15, -0.1) is 0 Å². The first-order valence-electron chi connectivity index (χ1n) is 6.69. The number of carbonyl (C=O) groups is 2. The molecule has 0 saturated heterocycles. The van der Waals surface area contributed by atoms with E-state index in [9.17, 15) is 9.59 Å². The number of hydrogen-bond acceptors (Lipinski definition) is 2. The largest absolute Gasteiger partial charge is 0.325 e. The van der Waals surface area contributed by atoms with Crippen molar-refractivity contribution in [1.82, 2.24) is 0 Å². The summed E-state index contributed by atoms with van der Waals surface area (Å²) in [6.07, 6.45) is 0.0473. The summed E-state index contributed by atoms with van der Waals surface area (Å²) in [4.78, 5) is 24.2. The van der Waals surface area contributed by atoms with E-state index in [1.807, 2.05) is 24.3 Å². The fourth-order valence-electron chi connectivity index (χ4n) is 2.46. The molecule has 2 aromatic rings. The fourth-order valence-corrected chi connectivity index (χ4v) is 2.80. The summed E-state index contributed by atoms with van der Waals surface area (Å²) in [5.41, 5.74) is 2.02. The molecular weight excluding hydrogens is 323 g/mol. The summed E-state index contributed by atoms with van der Waals surface area (Å²) in [5, 5.41) is 6.34. The van der Waals surface area contributed by atoms with Gasteiger partial charge in [0, 0.05) is 17.1 Å². The summed E-state index contributed by atoms with van der Waals surface area (Å²) >= 11 is 11.9. The Morgan fingerprint density at radius 1 is 1.18 bits per heavy atom. The molecule has 0 spiro atoms. The van der Waals surface area contributed by atoms with Gasteiger partial charge in [-0.3, -0.25) is 9.59 Å². The van der Waals surface area contributed by atoms with E-state index in [0.717, 1.165) is 11.3 Å². The molecule has 0 radical (unpaired) electrons. The van der Waals surface area contributed by atoms with E-state index >= 15 is 0 Å². The first-order chi connectivity index (χ1) is 10.5. The highest BCUT2D eigenvalue weighted by molar-refractivity contribution is 6.35. The lowest BCUT2D eigenvalue weighted by atomic mass is 9.97. The maximum Gasteiger partial charge on any atom is 0.232 e. The monoisotopic (exact) mass is 334 g/mol. The fraction of sp³-hybridized carbons (Fsp3) is 0.125. The molecule has 1 heterocycles. The van der Waals surface area contributed by atoms with E-state index in [1.54, 1.807) is 18.2 Å². The molecule has 0 fully saturated rings. The minimum atomic E-state index is -0.492. The predicted octanol–water partition coefficient (Wildman–Crippen LogP) is 4.06. The molecule has 0 saturated carbocycles. The lowest BCUT2D eigenvalue weighted by molar-refractivity contribution is -0.122. The Labute approximate surface area is 137 Å². The van der Waals surface area contributed by atoms with Crippen LogP contribution in [0.3, 0.4) is 0 Å². The van der Waals surface area contributed by atoms with Crippen LogP contribution in [-0.2, 0) is 9.59 Å². The molecule has 0 aromatic heterocycles. The second-order valence-electron chi connectivity index (χ2n) is 5.01. The summed E-state index contributed by atoms with van der Waals surface area (Å²) in [6.45, 7) is 0. The highest BCUT2D eigenvalue weighted by Crippen LogP contribution is 2.34. The van der Waals surface area contributed by atoms with Crippen molar-refractivity contribution in [3.8, 4) is 0 Å². The Morgan fingerprint density at radius 2 is 1.95 bits per heavy atom. The van der Waals surface area contributed by atoms with Gasteiger partial charge in [0.05, 0.1) is 16.6 Å². The van der Waals surface area contributed by atoms with Crippen molar-refractivity contribution < 1.29 is 9.59 Å². The molecule has 22 heavy (non-hydrogen) atoms. The molecule has 2 N–H and O–H groups in total. The minimum absolute atomic E-state index is 0.0473. The zero-order valence-corrected chi connectivity index (χ0v) is 12.9. The van der Waals surface area contributed by atoms with Gasteiger partial charge in [-0.25, -0.2) is 0 Å². The molecule has 2 amide bonds. The summed E-state index contributed by atoms with van der Waals surface area (Å²) in [6, 6.07) is 12.2. The van der Waals surface area contributed by atoms with E-state index < -0.39 is 5.92 Å². The number of halogens is 2. The zero-order chi connectivity index (χ0) is 15.7. The second-order valence-corrected chi connectivity index (χ2v) is 5.85. The molecule has 1 unspecified atom stereocenters. The SMILES string of the molecule is O=C(CC1C(=O)Nc2ccccc21)Nc1cc(Cl)ccc1Cl. The van der Waals surface area contributed by atoms with E-state index in [2.05, 4.69) is 10.6 Å². The molecule has 4 nitrogen and oxygen atoms in total. The van der Waals surface area contributed by atoms with Gasteiger partial charge in [-0.2, -0.15) is 0 Å². The normalized spacial score (nSPS) is 16.1. The van der Waals surface area contributed by atoms with Crippen LogP contribution in [0.1, 0.15) is 17.9 Å². The van der Waals surface area contributed by atoms with Crippen molar-refractivity contribution in [3.63, 3.8) is 0 Å². The van der Waals surface area contributed by atoms with Gasteiger partial charge in [0.15, 0.2) is 0 Å². The highest BCUT2D eigenvalue weighted by atomic mass is 35.5. The Kier molecular flexibility index (Phi) is 4.05. The average Bonchev–Trinajstić information content (AvgIpc) is 2.79. The standard InChI is InChI=1S/C16H12Cl2N2O2/c17-9-5-6-12(18)14(7-9)19-15(21)8-11-10-3-1-2-4-13(10)20-16(11)22/h1-7,11H,8H2,(H,19,21)(H,20,22). The molecule has 2 aromatic carbocycles. The van der Waals surface area contributed by atoms with Crippen LogP contribution in [0.15, 0.2) is 42.5 Å². The number of nitrogens with one attached hydrogen (secondary N) is 2. The number of para-hydroxylation sites is 1. The number of benzene rings is 2. The minimum Gasteiger partial charge on any atom is -0.325 e. The van der Waals surface area contributed by atoms with Crippen molar-refractivity contribution in [2.75, 3.05) is 10.6 Å². The van der Waals surface area contributed by atoms with Gasteiger partial charge in [0.1, 0.15) is 0 Å². The number of hydrogen-bond donors (Lipinski definition) is 2. The molecule has 112 valence electrons. The van der Waals surface area contributed by atoms with Gasteiger partial charge in [-0.1, -0.05) is 41.4 Å². The van der Waals surface area contributed by atoms with Crippen LogP contribution in [-0.4, -0.2) is 11.8 Å². The van der Waals surface area contributed by atoms with Crippen LogP contribution in [0.25, 0.3) is 0 Å². The van der Waals surface area contributed by atoms with E-state index in [4.69, 9.17) is 23.2 Å². The molecule has 6 heteroatoms. The number of amides is 2. The summed E-state index contributed by atoms with van der Waals surface area (Å²) in [5.74, 6) is -0.955. The molecule has 1 atom stereocenters. The molecule has 0 bridgehead atoms. The van der Waals surface area contributed by atoms with Crippen LogP contribution >= 0.6 is 23.2 Å². The van der Waals surface area contributed by atoms with Crippen LogP contribution < -0.4 is 10.6 Å². The quantitative estimate of drug-likeness (QED) is 0.889. The van der Waals surface area contributed by atoms with Gasteiger partial charge >= 0.3 is 0 Å². The maximum absolute atomic E-state index is 12.2. The first kappa shape index (κ1) is 14.9. The third-order valence-electron chi connectivity index (χ3n) is 3.50. The Bertz CT molecular complexity index is 762. The first-order valence-corrected chi connectivity index (χ1v) is 7.45. The van der Waals surface area contributed by atoms with Crippen LogP contribution in [0, 0.1) is 0 Å². The van der Waals surface area contributed by atoms with Crippen molar-refractivity contribution in [2.45, 2.75) is 12.3 Å². The smallest absolute Gasteiger partial charge is 0.232 e. The number of carbonyl (C=O) groups excluding carboxylic acids is 2. The third-order valence-corrected chi connectivity index (χ3v) is 4.07. The summed E-state index contributed by atoms with van der Waals surface area (Å²) in [7, 11) is 0. The topological polar surface area (TPSA) is 58.2 Å². The molecule has 3 rings (SSSR count). The van der Waals surface area contributed by atoms with Gasteiger partial charge in [-0.05, 0) is 29.8 Å². The zero-order valence-electron chi connectivity index (χ0n) is 11.4. The Hall–Kier alpha value is -2.04. The Morgan fingerprint density at radius 3 is 2.77 bits per heavy atom. The van der Waals surface area contributed by atoms with Crippen LogP contribution in [0.5, 0.6) is 0 Å². The number of fused-ring (bicyclic) bond motifs is 1. The van der Waals surface area contributed by atoms with Gasteiger partial charge < -0.3 is 10.6 Å². The number of anilines is 2. The van der Waals surface area contributed by atoms with Gasteiger partial charge in [0.25, 0.3) is 0 Å². The third kappa shape index (κ3) is 2.93. The predicted molar refractivity (Wildman–Crippen MR) is 87.5 cm³/mol. The molecular formula is C16H12Cl2N2O2. The van der Waals surface area contributed by atoms with Crippen LogP contribution in [0.4, 0.5) is 11.4 Å². The van der Waals surface area contributed by atoms with E-state index in [0.29, 0.717) is 15.7 Å². The van der Waals surface area contributed by atoms with Crippen molar-refractivity contribution in [2.24, 2.45) is 0 Å². The van der Waals surface area contributed by atoms with Crippen molar-refractivity contribution >= 4 is 46.4 Å². The lowest BCUT2D eigenvalue weighted by Crippen LogP contribution is -2.20. The molecule has 0 aliphatic carbocycles. The lowest BCUT2D eigenvalue weighted by Gasteiger charge is -2.11. The highest BCUT2D eigenvalue weighted by Gasteiger charge is 2.31. The Balaban J connectivity index is 1.75. The van der Waals surface area contributed by atoms with Crippen LogP contribution in [0.2, 0.25) is 10.0 Å². The summed E-state index contributed by atoms with van der Waals surface area (Å²) < 4.78 is 0. The van der Waals surface area contributed by atoms with E-state index in [1.165, 1.54) is 0 Å². The van der Waals surface area contributed by atoms with Crippen molar-refractivity contribution in [3.05, 3.63) is 58.1 Å². The second kappa shape index (κ2) is 5.99.